The third-order valence-electron chi connectivity index (χ3n) is 1.87. The van der Waals surface area contributed by atoms with E-state index in [2.05, 4.69) is 0 Å². The van der Waals surface area contributed by atoms with Gasteiger partial charge in [-0.1, -0.05) is 6.07 Å². The normalized spacial score (nSPS) is 13.3. The minimum absolute atomic E-state index is 0.346. The molecule has 0 fully saturated rings. The van der Waals surface area contributed by atoms with E-state index in [0.717, 1.165) is 11.3 Å². The lowest BCUT2D eigenvalue weighted by atomic mass is 9.90. The lowest BCUT2D eigenvalue weighted by Crippen LogP contribution is -2.31. The standard InChI is InChI=1S/C10H16BNO4S/c1-10(2,3)16-9(13)8(12)6-4-5-7(17-6)11(14)15/h4-5,8,14-15H,12H2,1-3H3. The third-order valence-corrected chi connectivity index (χ3v) is 3.08. The molecule has 1 unspecified atom stereocenters. The zero-order valence-corrected chi connectivity index (χ0v) is 10.8. The Labute approximate surface area is 104 Å². The number of nitrogens with two attached hydrogens (primary N) is 1. The smallest absolute Gasteiger partial charge is 0.459 e. The van der Waals surface area contributed by atoms with Gasteiger partial charge in [-0.2, -0.15) is 0 Å². The molecule has 0 radical (unpaired) electrons. The second-order valence-corrected chi connectivity index (χ2v) is 5.77. The number of thiophene rings is 1. The van der Waals surface area contributed by atoms with Gasteiger partial charge in [0.05, 0.1) is 0 Å². The lowest BCUT2D eigenvalue weighted by molar-refractivity contribution is -0.156. The molecular formula is C10H16BNO4S. The zero-order valence-electron chi connectivity index (χ0n) is 10.0. The Bertz CT molecular complexity index is 399. The van der Waals surface area contributed by atoms with Crippen LogP contribution in [0.2, 0.25) is 0 Å². The van der Waals surface area contributed by atoms with Gasteiger partial charge in [-0.25, -0.2) is 4.79 Å². The Morgan fingerprint density at radius 2 is 2.06 bits per heavy atom. The summed E-state index contributed by atoms with van der Waals surface area (Å²) in [4.78, 5) is 12.2. The van der Waals surface area contributed by atoms with Crippen molar-refractivity contribution in [3.63, 3.8) is 0 Å². The second kappa shape index (κ2) is 5.18. The zero-order chi connectivity index (χ0) is 13.2. The van der Waals surface area contributed by atoms with Gasteiger partial charge in [-0.05, 0) is 26.8 Å². The number of carbonyl (C=O) groups is 1. The van der Waals surface area contributed by atoms with Crippen LogP contribution in [0.3, 0.4) is 0 Å². The highest BCUT2D eigenvalue weighted by molar-refractivity contribution is 7.22. The molecule has 1 atom stereocenters. The van der Waals surface area contributed by atoms with E-state index in [1.165, 1.54) is 6.07 Å². The highest BCUT2D eigenvalue weighted by Gasteiger charge is 2.25. The van der Waals surface area contributed by atoms with Gasteiger partial charge < -0.3 is 20.5 Å². The van der Waals surface area contributed by atoms with Gasteiger partial charge in [0.15, 0.2) is 0 Å². The molecule has 5 nitrogen and oxygen atoms in total. The Balaban J connectivity index is 2.75. The predicted molar refractivity (Wildman–Crippen MR) is 66.9 cm³/mol. The number of hydrogen-bond donors (Lipinski definition) is 3. The molecule has 0 bridgehead atoms. The second-order valence-electron chi connectivity index (χ2n) is 4.62. The molecule has 0 spiro atoms. The molecule has 0 aliphatic heterocycles. The van der Waals surface area contributed by atoms with Gasteiger partial charge in [-0.3, -0.25) is 0 Å². The molecule has 7 heteroatoms. The molecule has 0 saturated heterocycles. The van der Waals surface area contributed by atoms with Crippen molar-refractivity contribution in [3.05, 3.63) is 17.0 Å². The van der Waals surface area contributed by atoms with E-state index in [1.54, 1.807) is 26.8 Å². The quantitative estimate of drug-likeness (QED) is 0.513. The van der Waals surface area contributed by atoms with E-state index in [-0.39, 0.29) is 0 Å². The van der Waals surface area contributed by atoms with Crippen LogP contribution in [-0.2, 0) is 9.53 Å². The summed E-state index contributed by atoms with van der Waals surface area (Å²) < 4.78 is 5.49. The molecule has 0 amide bonds. The van der Waals surface area contributed by atoms with Crippen molar-refractivity contribution in [2.45, 2.75) is 32.4 Å². The summed E-state index contributed by atoms with van der Waals surface area (Å²) >= 11 is 1.08. The van der Waals surface area contributed by atoms with Gasteiger partial charge >= 0.3 is 13.1 Å². The van der Waals surface area contributed by atoms with Crippen molar-refractivity contribution in [1.29, 1.82) is 0 Å². The summed E-state index contributed by atoms with van der Waals surface area (Å²) in [5, 5.41) is 17.9. The van der Waals surface area contributed by atoms with Gasteiger partial charge in [0.25, 0.3) is 0 Å². The van der Waals surface area contributed by atoms with E-state index in [0.29, 0.717) is 9.65 Å². The van der Waals surface area contributed by atoms with Crippen LogP contribution in [0.1, 0.15) is 31.7 Å². The molecule has 17 heavy (non-hydrogen) atoms. The van der Waals surface area contributed by atoms with Crippen molar-refractivity contribution in [3.8, 4) is 0 Å². The average molecular weight is 257 g/mol. The van der Waals surface area contributed by atoms with Crippen LogP contribution in [0.15, 0.2) is 12.1 Å². The lowest BCUT2D eigenvalue weighted by Gasteiger charge is -2.21. The molecule has 1 aromatic rings. The fraction of sp³-hybridized carbons (Fsp3) is 0.500. The van der Waals surface area contributed by atoms with Crippen LogP contribution in [0, 0.1) is 0 Å². The molecular weight excluding hydrogens is 241 g/mol. The van der Waals surface area contributed by atoms with Gasteiger partial charge in [0, 0.05) is 9.65 Å². The first-order valence-electron chi connectivity index (χ1n) is 5.15. The number of hydrogen-bond acceptors (Lipinski definition) is 6. The first-order valence-corrected chi connectivity index (χ1v) is 5.96. The number of ether oxygens (including phenoxy) is 1. The van der Waals surface area contributed by atoms with Crippen LogP contribution < -0.4 is 10.5 Å². The van der Waals surface area contributed by atoms with Gasteiger partial charge in [0.1, 0.15) is 11.6 Å². The monoisotopic (exact) mass is 257 g/mol. The molecule has 0 saturated carbocycles. The summed E-state index contributed by atoms with van der Waals surface area (Å²) in [5.41, 5.74) is 5.14. The Hall–Kier alpha value is -0.885. The minimum atomic E-state index is -1.54. The molecule has 1 aromatic heterocycles. The maximum atomic E-state index is 11.7. The average Bonchev–Trinajstić information content (AvgIpc) is 2.62. The maximum Gasteiger partial charge on any atom is 0.499 e. The topological polar surface area (TPSA) is 92.8 Å². The summed E-state index contributed by atoms with van der Waals surface area (Å²) in [6, 6.07) is 2.22. The first kappa shape index (κ1) is 14.2. The van der Waals surface area contributed by atoms with Crippen LogP contribution in [0.4, 0.5) is 0 Å². The Kier molecular flexibility index (Phi) is 4.32. The number of rotatable bonds is 3. The van der Waals surface area contributed by atoms with Gasteiger partial charge in [-0.15, -0.1) is 11.3 Å². The molecule has 0 aliphatic carbocycles. The minimum Gasteiger partial charge on any atom is -0.459 e. The maximum absolute atomic E-state index is 11.7. The van der Waals surface area contributed by atoms with E-state index >= 15 is 0 Å². The SMILES string of the molecule is CC(C)(C)OC(=O)C(N)c1ccc(B(O)O)s1. The van der Waals surface area contributed by atoms with Crippen LogP contribution in [0.5, 0.6) is 0 Å². The highest BCUT2D eigenvalue weighted by Crippen LogP contribution is 2.19. The van der Waals surface area contributed by atoms with Crippen molar-refractivity contribution < 1.29 is 19.6 Å². The first-order chi connectivity index (χ1) is 7.70. The number of esters is 1. The van der Waals surface area contributed by atoms with E-state index < -0.39 is 24.7 Å². The fourth-order valence-corrected chi connectivity index (χ4v) is 2.03. The fourth-order valence-electron chi connectivity index (χ4n) is 1.16. The van der Waals surface area contributed by atoms with Gasteiger partial charge in [0.2, 0.25) is 0 Å². The summed E-state index contributed by atoms with van der Waals surface area (Å²) in [6.45, 7) is 5.28. The number of carbonyl (C=O) groups excluding carboxylic acids is 1. The molecule has 4 N–H and O–H groups in total. The van der Waals surface area contributed by atoms with E-state index in [4.69, 9.17) is 20.5 Å². The van der Waals surface area contributed by atoms with E-state index in [9.17, 15) is 4.79 Å². The Morgan fingerprint density at radius 3 is 2.47 bits per heavy atom. The molecule has 94 valence electrons. The largest absolute Gasteiger partial charge is 0.499 e. The predicted octanol–water partition coefficient (Wildman–Crippen LogP) is -0.231. The molecule has 0 aromatic carbocycles. The molecule has 1 heterocycles. The van der Waals surface area contributed by atoms with Crippen LogP contribution >= 0.6 is 11.3 Å². The summed E-state index contributed by atoms with van der Waals surface area (Å²) in [7, 11) is -1.54. The van der Waals surface area contributed by atoms with Crippen LogP contribution in [-0.4, -0.2) is 28.7 Å². The van der Waals surface area contributed by atoms with Crippen LogP contribution in [0.25, 0.3) is 0 Å². The van der Waals surface area contributed by atoms with Crippen molar-refractivity contribution in [1.82, 2.24) is 0 Å². The molecule has 0 aliphatic rings. The highest BCUT2D eigenvalue weighted by atomic mass is 32.1. The van der Waals surface area contributed by atoms with E-state index in [1.807, 2.05) is 0 Å². The van der Waals surface area contributed by atoms with Crippen molar-refractivity contribution >= 4 is 29.2 Å². The third kappa shape index (κ3) is 4.12. The summed E-state index contributed by atoms with van der Waals surface area (Å²) in [5.74, 6) is -0.529. The van der Waals surface area contributed by atoms with Crippen molar-refractivity contribution in [2.24, 2.45) is 5.73 Å². The Morgan fingerprint density at radius 1 is 1.47 bits per heavy atom. The van der Waals surface area contributed by atoms with Crippen molar-refractivity contribution in [2.75, 3.05) is 0 Å². The molecule has 1 rings (SSSR count). The summed E-state index contributed by atoms with van der Waals surface area (Å²) in [6.07, 6.45) is 0.